The molecule has 7 heteroatoms. The molecule has 1 aliphatic carbocycles. The van der Waals surface area contributed by atoms with Crippen LogP contribution >= 0.6 is 11.3 Å². The van der Waals surface area contributed by atoms with E-state index >= 15 is 0 Å². The van der Waals surface area contributed by atoms with Gasteiger partial charge in [0.15, 0.2) is 0 Å². The Kier molecular flexibility index (Phi) is 8.36. The third kappa shape index (κ3) is 5.71. The van der Waals surface area contributed by atoms with Crippen LogP contribution in [0, 0.1) is 3.57 Å². The quantitative estimate of drug-likeness (QED) is 0.105. The Balaban J connectivity index is 1.07. The van der Waals surface area contributed by atoms with Gasteiger partial charge in [-0.15, -0.1) is 11.3 Å². The van der Waals surface area contributed by atoms with Gasteiger partial charge in [0.2, 0.25) is 0 Å². The number of nitrogens with zero attached hydrogens (tertiary/aromatic N) is 4. The SMILES string of the molecule is NC(=NC(=N[I-]c1ccccc1)c1ccccc1)n1c2ccccc2c2c(-c3ccc4c(c3)c3ccccc3n4C3=CCCc4c3sc3ccccc43)cccc21. The molecule has 0 unspecified atom stereocenters. The number of benzene rings is 7. The summed E-state index contributed by atoms with van der Waals surface area (Å²) in [5.74, 6) is 1.03. The molecular formula is C50H35IN5S-. The molecule has 0 amide bonds. The van der Waals surface area contributed by atoms with Crippen molar-refractivity contribution in [1.29, 1.82) is 0 Å². The molecule has 0 aliphatic heterocycles. The Hall–Kier alpha value is -6.29. The van der Waals surface area contributed by atoms with Crippen LogP contribution in [0.2, 0.25) is 0 Å². The summed E-state index contributed by atoms with van der Waals surface area (Å²) in [7, 11) is 0. The number of aryl methyl sites for hydroxylation is 1. The van der Waals surface area contributed by atoms with Crippen molar-refractivity contribution in [2.24, 2.45) is 13.9 Å². The molecule has 3 heterocycles. The van der Waals surface area contributed by atoms with E-state index in [-0.39, 0.29) is 0 Å². The summed E-state index contributed by atoms with van der Waals surface area (Å²) in [5.41, 5.74) is 17.6. The number of para-hydroxylation sites is 2. The van der Waals surface area contributed by atoms with Crippen LogP contribution in [0.15, 0.2) is 184 Å². The van der Waals surface area contributed by atoms with E-state index in [2.05, 4.69) is 149 Å². The van der Waals surface area contributed by atoms with Gasteiger partial charge >= 0.3 is 231 Å². The summed E-state index contributed by atoms with van der Waals surface area (Å²) in [6, 6.07) is 60.3. The molecule has 5 nitrogen and oxygen atoms in total. The van der Waals surface area contributed by atoms with Crippen molar-refractivity contribution in [2.45, 2.75) is 12.8 Å². The number of thiophene rings is 1. The number of fused-ring (bicyclic) bond motifs is 9. The summed E-state index contributed by atoms with van der Waals surface area (Å²) in [6.45, 7) is 0. The molecule has 0 spiro atoms. The van der Waals surface area contributed by atoms with Crippen molar-refractivity contribution in [3.8, 4) is 11.1 Å². The molecule has 0 fully saturated rings. The van der Waals surface area contributed by atoms with Gasteiger partial charge in [0.25, 0.3) is 0 Å². The Bertz CT molecular complexity index is 3280. The van der Waals surface area contributed by atoms with Gasteiger partial charge < -0.3 is 4.57 Å². The molecule has 3 aromatic heterocycles. The molecule has 0 atom stereocenters. The fraction of sp³-hybridized carbons (Fsp3) is 0.0400. The number of hydrogen-bond acceptors (Lipinski definition) is 2. The number of nitrogens with two attached hydrogens (primary N) is 1. The summed E-state index contributed by atoms with van der Waals surface area (Å²) in [5, 5.41) is 6.16. The van der Waals surface area contributed by atoms with Crippen molar-refractivity contribution in [3.05, 3.63) is 196 Å². The average molecular weight is 865 g/mol. The van der Waals surface area contributed by atoms with Crippen molar-refractivity contribution in [2.75, 3.05) is 0 Å². The van der Waals surface area contributed by atoms with Crippen molar-refractivity contribution < 1.29 is 21.5 Å². The van der Waals surface area contributed by atoms with E-state index in [4.69, 9.17) is 13.9 Å². The van der Waals surface area contributed by atoms with Gasteiger partial charge in [-0.05, 0) is 35.9 Å². The van der Waals surface area contributed by atoms with Gasteiger partial charge in [-0.2, -0.15) is 0 Å². The van der Waals surface area contributed by atoms with Crippen LogP contribution in [-0.4, -0.2) is 20.9 Å². The standard InChI is InChI=1S/C50H35IN5S/c52-50(53-49(32-15-3-1-4-16-32)54-51-34-17-5-2-6-18-34)56-42-25-11-8-21-39(42)47-35(22-13-26-44(47)56)33-29-30-43-40(31-33)36-19-7-10-24-41(36)55(43)45-27-14-23-38-37-20-9-12-28-46(37)57-48(38)45/h1-13,15-22,24-31H,14,23H2,(H2,52,53,54)/q-1. The predicted octanol–water partition coefficient (Wildman–Crippen LogP) is 9.10. The molecule has 274 valence electrons. The fourth-order valence-electron chi connectivity index (χ4n) is 8.54. The number of rotatable bonds is 5. The molecule has 0 saturated heterocycles. The number of aromatic nitrogens is 2. The van der Waals surface area contributed by atoms with Gasteiger partial charge in [0.05, 0.1) is 16.1 Å². The molecular weight excluding hydrogens is 830 g/mol. The van der Waals surface area contributed by atoms with Crippen LogP contribution in [0.1, 0.15) is 22.4 Å². The van der Waals surface area contributed by atoms with Gasteiger partial charge in [0, 0.05) is 4.70 Å². The topological polar surface area (TPSA) is 60.6 Å². The molecule has 0 bridgehead atoms. The summed E-state index contributed by atoms with van der Waals surface area (Å²) in [6.07, 6.45) is 4.55. The zero-order valence-corrected chi connectivity index (χ0v) is 33.8. The number of halogens is 1. The molecule has 7 aromatic carbocycles. The minimum atomic E-state index is -0.674. The molecule has 2 N–H and O–H groups in total. The Morgan fingerprint density at radius 2 is 1.30 bits per heavy atom. The number of hydrogen-bond donors (Lipinski definition) is 1. The van der Waals surface area contributed by atoms with Crippen LogP contribution in [0.25, 0.3) is 70.5 Å². The molecule has 0 radical (unpaired) electrons. The van der Waals surface area contributed by atoms with Crippen LogP contribution in [-0.2, 0) is 6.42 Å². The first-order valence-corrected chi connectivity index (χ1v) is 22.0. The maximum atomic E-state index is 7.07. The molecule has 1 aliphatic rings. The first-order valence-electron chi connectivity index (χ1n) is 19.2. The molecule has 0 saturated carbocycles. The minimum absolute atomic E-state index is 0.387. The van der Waals surface area contributed by atoms with E-state index in [0.29, 0.717) is 11.8 Å². The summed E-state index contributed by atoms with van der Waals surface area (Å²) >= 11 is 1.24. The van der Waals surface area contributed by atoms with Crippen molar-refractivity contribution in [1.82, 2.24) is 9.13 Å². The van der Waals surface area contributed by atoms with E-state index in [1.807, 2.05) is 47.7 Å². The van der Waals surface area contributed by atoms with Gasteiger partial charge in [0.1, 0.15) is 0 Å². The molecule has 10 aromatic rings. The number of allylic oxidation sites excluding steroid dienone is 1. The summed E-state index contributed by atoms with van der Waals surface area (Å²) in [4.78, 5) is 6.47. The second-order valence-electron chi connectivity index (χ2n) is 14.3. The zero-order chi connectivity index (χ0) is 37.9. The Morgan fingerprint density at radius 3 is 2.14 bits per heavy atom. The van der Waals surface area contributed by atoms with E-state index < -0.39 is 21.5 Å². The second-order valence-corrected chi connectivity index (χ2v) is 17.6. The van der Waals surface area contributed by atoms with Crippen LogP contribution in [0.4, 0.5) is 0 Å². The number of aliphatic imine (C=N–C) groups is 1. The molecule has 57 heavy (non-hydrogen) atoms. The average Bonchev–Trinajstić information content (AvgIpc) is 3.93. The predicted molar refractivity (Wildman–Crippen MR) is 237 cm³/mol. The van der Waals surface area contributed by atoms with Crippen molar-refractivity contribution in [3.63, 3.8) is 0 Å². The van der Waals surface area contributed by atoms with E-state index in [1.165, 1.54) is 51.6 Å². The van der Waals surface area contributed by atoms with E-state index in [0.717, 1.165) is 51.3 Å². The number of amidine groups is 1. The monoisotopic (exact) mass is 864 g/mol. The third-order valence-electron chi connectivity index (χ3n) is 11.0. The Morgan fingerprint density at radius 1 is 0.614 bits per heavy atom. The maximum absolute atomic E-state index is 7.07. The van der Waals surface area contributed by atoms with Gasteiger partial charge in [-0.25, -0.2) is 0 Å². The van der Waals surface area contributed by atoms with Gasteiger partial charge in [-0.1, -0.05) is 42.5 Å². The van der Waals surface area contributed by atoms with Crippen LogP contribution in [0.3, 0.4) is 0 Å². The molecule has 11 rings (SSSR count). The van der Waals surface area contributed by atoms with Gasteiger partial charge in [-0.3, -0.25) is 0 Å². The first kappa shape index (κ1) is 34.0. The van der Waals surface area contributed by atoms with E-state index in [9.17, 15) is 0 Å². The normalized spacial score (nSPS) is 13.6. The van der Waals surface area contributed by atoms with Crippen LogP contribution < -0.4 is 27.2 Å². The van der Waals surface area contributed by atoms with Crippen LogP contribution in [0.5, 0.6) is 0 Å². The zero-order valence-electron chi connectivity index (χ0n) is 30.8. The fourth-order valence-corrected chi connectivity index (χ4v) is 11.4. The summed E-state index contributed by atoms with van der Waals surface area (Å²) < 4.78 is 12.3. The second kappa shape index (κ2) is 14.0. The third-order valence-corrected chi connectivity index (χ3v) is 14.2. The van der Waals surface area contributed by atoms with E-state index in [1.54, 1.807) is 0 Å². The Labute approximate surface area is 344 Å². The first-order chi connectivity index (χ1) is 28.2. The van der Waals surface area contributed by atoms with Crippen molar-refractivity contribution >= 4 is 82.5 Å².